The van der Waals surface area contributed by atoms with E-state index in [-0.39, 0.29) is 11.5 Å². The number of benzene rings is 1. The summed E-state index contributed by atoms with van der Waals surface area (Å²) in [4.78, 5) is 0. The minimum Gasteiger partial charge on any atom is -0.396 e. The van der Waals surface area contributed by atoms with Crippen LogP contribution in [-0.4, -0.2) is 0 Å². The predicted octanol–water partition coefficient (Wildman–Crippen LogP) is 1.59. The summed E-state index contributed by atoms with van der Waals surface area (Å²) in [5.74, 6) is -0.387. The van der Waals surface area contributed by atoms with E-state index in [0.717, 1.165) is 5.56 Å². The Hall–Kier alpha value is -1.05. The van der Waals surface area contributed by atoms with Gasteiger partial charge in [0, 0.05) is 0 Å². The molecule has 0 saturated heterocycles. The SMILES string of the molecule is [CH2]c1ccc(F)c(N)c1. The monoisotopic (exact) mass is 124 g/mol. The van der Waals surface area contributed by atoms with Crippen LogP contribution in [0.15, 0.2) is 18.2 Å². The van der Waals surface area contributed by atoms with Crippen LogP contribution in [0.2, 0.25) is 0 Å². The molecule has 0 atom stereocenters. The van der Waals surface area contributed by atoms with Gasteiger partial charge in [0.1, 0.15) is 5.82 Å². The molecule has 1 nitrogen and oxygen atoms in total. The lowest BCUT2D eigenvalue weighted by Crippen LogP contribution is -1.89. The fourth-order valence-electron chi connectivity index (χ4n) is 0.593. The van der Waals surface area contributed by atoms with Gasteiger partial charge in [0.15, 0.2) is 0 Å². The number of hydrogen-bond acceptors (Lipinski definition) is 1. The summed E-state index contributed by atoms with van der Waals surface area (Å²) in [6.45, 7) is 3.58. The van der Waals surface area contributed by atoms with Crippen molar-refractivity contribution in [3.63, 3.8) is 0 Å². The molecule has 1 radical (unpaired) electrons. The van der Waals surface area contributed by atoms with E-state index < -0.39 is 0 Å². The zero-order valence-electron chi connectivity index (χ0n) is 4.89. The molecule has 0 aliphatic rings. The van der Waals surface area contributed by atoms with E-state index in [1.165, 1.54) is 12.1 Å². The molecule has 0 aliphatic carbocycles. The quantitative estimate of drug-likeness (QED) is 0.522. The average molecular weight is 124 g/mol. The Morgan fingerprint density at radius 1 is 1.44 bits per heavy atom. The molecule has 9 heavy (non-hydrogen) atoms. The molecule has 0 fully saturated rings. The molecule has 1 rings (SSSR count). The van der Waals surface area contributed by atoms with Crippen molar-refractivity contribution in [3.8, 4) is 0 Å². The fourth-order valence-corrected chi connectivity index (χ4v) is 0.593. The topological polar surface area (TPSA) is 26.0 Å². The standard InChI is InChI=1S/C7H7FN/c1-5-2-3-6(8)7(9)4-5/h2-4H,1,9H2. The van der Waals surface area contributed by atoms with Gasteiger partial charge in [-0.2, -0.15) is 0 Å². The first kappa shape index (κ1) is 6.08. The van der Waals surface area contributed by atoms with Crippen molar-refractivity contribution in [1.29, 1.82) is 0 Å². The summed E-state index contributed by atoms with van der Waals surface area (Å²) in [5, 5.41) is 0. The van der Waals surface area contributed by atoms with Gasteiger partial charge in [0.2, 0.25) is 0 Å². The highest BCUT2D eigenvalue weighted by atomic mass is 19.1. The molecule has 0 aliphatic heterocycles. The van der Waals surface area contributed by atoms with E-state index in [2.05, 4.69) is 6.92 Å². The maximum absolute atomic E-state index is 12.3. The first-order chi connectivity index (χ1) is 4.20. The van der Waals surface area contributed by atoms with E-state index in [9.17, 15) is 4.39 Å². The van der Waals surface area contributed by atoms with Crippen molar-refractivity contribution in [1.82, 2.24) is 0 Å². The van der Waals surface area contributed by atoms with Crippen LogP contribution >= 0.6 is 0 Å². The summed E-state index contributed by atoms with van der Waals surface area (Å²) in [7, 11) is 0. The fraction of sp³-hybridized carbons (Fsp3) is 0. The maximum atomic E-state index is 12.3. The molecule has 2 heteroatoms. The van der Waals surface area contributed by atoms with Crippen molar-refractivity contribution in [2.24, 2.45) is 0 Å². The minimum atomic E-state index is -0.387. The Morgan fingerprint density at radius 3 is 2.56 bits per heavy atom. The van der Waals surface area contributed by atoms with Gasteiger partial charge in [-0.15, -0.1) is 0 Å². The van der Waals surface area contributed by atoms with Crippen LogP contribution in [0, 0.1) is 12.7 Å². The molecule has 0 aromatic heterocycles. The van der Waals surface area contributed by atoms with E-state index in [4.69, 9.17) is 5.73 Å². The zero-order chi connectivity index (χ0) is 6.85. The smallest absolute Gasteiger partial charge is 0.146 e. The van der Waals surface area contributed by atoms with Gasteiger partial charge in [0.05, 0.1) is 5.69 Å². The molecule has 0 saturated carbocycles. The Bertz CT molecular complexity index is 220. The van der Waals surface area contributed by atoms with Crippen LogP contribution in [0.25, 0.3) is 0 Å². The third-order valence-electron chi connectivity index (χ3n) is 1.06. The van der Waals surface area contributed by atoms with Crippen LogP contribution in [0.3, 0.4) is 0 Å². The Kier molecular flexibility index (Phi) is 1.39. The van der Waals surface area contributed by atoms with Crippen LogP contribution in [0.1, 0.15) is 5.56 Å². The van der Waals surface area contributed by atoms with Gasteiger partial charge in [-0.25, -0.2) is 4.39 Å². The minimum absolute atomic E-state index is 0.155. The number of halogens is 1. The third-order valence-corrected chi connectivity index (χ3v) is 1.06. The van der Waals surface area contributed by atoms with E-state index in [1.54, 1.807) is 6.07 Å². The lowest BCUT2D eigenvalue weighted by Gasteiger charge is -1.95. The molecule has 2 N–H and O–H groups in total. The molecule has 0 spiro atoms. The van der Waals surface area contributed by atoms with Crippen LogP contribution in [-0.2, 0) is 0 Å². The number of nitrogen functional groups attached to an aromatic ring is 1. The molecular formula is C7H7FN. The number of hydrogen-bond donors (Lipinski definition) is 1. The van der Waals surface area contributed by atoms with Crippen molar-refractivity contribution in [2.75, 3.05) is 5.73 Å². The average Bonchev–Trinajstić information content (AvgIpc) is 1.80. The van der Waals surface area contributed by atoms with E-state index in [0.29, 0.717) is 0 Å². The lowest BCUT2D eigenvalue weighted by atomic mass is 10.2. The Labute approximate surface area is 53.3 Å². The highest BCUT2D eigenvalue weighted by Crippen LogP contribution is 2.10. The predicted molar refractivity (Wildman–Crippen MR) is 35.3 cm³/mol. The van der Waals surface area contributed by atoms with Crippen molar-refractivity contribution >= 4 is 5.69 Å². The molecule has 1 aromatic carbocycles. The lowest BCUT2D eigenvalue weighted by molar-refractivity contribution is 0.632. The molecule has 47 valence electrons. The van der Waals surface area contributed by atoms with Gasteiger partial charge in [0.25, 0.3) is 0 Å². The third kappa shape index (κ3) is 1.19. The Balaban J connectivity index is 3.17. The second-order valence-corrected chi connectivity index (χ2v) is 1.86. The second-order valence-electron chi connectivity index (χ2n) is 1.86. The summed E-state index contributed by atoms with van der Waals surface area (Å²) < 4.78 is 12.3. The van der Waals surface area contributed by atoms with Crippen molar-refractivity contribution in [3.05, 3.63) is 36.5 Å². The first-order valence-corrected chi connectivity index (χ1v) is 2.57. The van der Waals surface area contributed by atoms with Gasteiger partial charge in [-0.3, -0.25) is 0 Å². The summed E-state index contributed by atoms with van der Waals surface area (Å²) in [5.41, 5.74) is 6.09. The maximum Gasteiger partial charge on any atom is 0.146 e. The van der Waals surface area contributed by atoms with Crippen LogP contribution in [0.5, 0.6) is 0 Å². The van der Waals surface area contributed by atoms with Gasteiger partial charge >= 0.3 is 0 Å². The van der Waals surface area contributed by atoms with Gasteiger partial charge in [-0.05, 0) is 24.6 Å². The van der Waals surface area contributed by atoms with Crippen LogP contribution < -0.4 is 5.73 Å². The summed E-state index contributed by atoms with van der Waals surface area (Å²) in [6, 6.07) is 4.37. The van der Waals surface area contributed by atoms with E-state index in [1.807, 2.05) is 0 Å². The molecule has 0 bridgehead atoms. The second kappa shape index (κ2) is 2.05. The normalized spacial score (nSPS) is 9.56. The first-order valence-electron chi connectivity index (χ1n) is 2.57. The number of rotatable bonds is 0. The number of nitrogens with two attached hydrogens (primary N) is 1. The van der Waals surface area contributed by atoms with Crippen molar-refractivity contribution < 1.29 is 4.39 Å². The largest absolute Gasteiger partial charge is 0.396 e. The van der Waals surface area contributed by atoms with E-state index >= 15 is 0 Å². The molecule has 0 unspecified atom stereocenters. The zero-order valence-corrected chi connectivity index (χ0v) is 4.89. The molecule has 0 heterocycles. The van der Waals surface area contributed by atoms with Gasteiger partial charge in [-0.1, -0.05) is 6.07 Å². The van der Waals surface area contributed by atoms with Crippen LogP contribution in [0.4, 0.5) is 10.1 Å². The molecular weight excluding hydrogens is 117 g/mol. The van der Waals surface area contributed by atoms with Crippen molar-refractivity contribution in [2.45, 2.75) is 0 Å². The Morgan fingerprint density at radius 2 is 2.11 bits per heavy atom. The summed E-state index contributed by atoms with van der Waals surface area (Å²) in [6.07, 6.45) is 0. The van der Waals surface area contributed by atoms with Gasteiger partial charge < -0.3 is 5.73 Å². The molecule has 1 aromatic rings. The number of anilines is 1. The summed E-state index contributed by atoms with van der Waals surface area (Å²) >= 11 is 0. The highest BCUT2D eigenvalue weighted by molar-refractivity contribution is 5.43. The molecule has 0 amide bonds. The highest BCUT2D eigenvalue weighted by Gasteiger charge is 1.93.